The number of imidazole rings is 1. The highest BCUT2D eigenvalue weighted by atomic mass is 32.2. The molecule has 0 saturated heterocycles. The molecule has 1 aliphatic rings. The zero-order valence-electron chi connectivity index (χ0n) is 6.73. The van der Waals surface area contributed by atoms with Crippen molar-refractivity contribution in [1.82, 2.24) is 9.55 Å². The number of hydrogen-bond acceptors (Lipinski definition) is 4. The van der Waals surface area contributed by atoms with E-state index in [2.05, 4.69) is 4.98 Å². The number of aliphatic hydroxyl groups excluding tert-OH is 1. The summed E-state index contributed by atoms with van der Waals surface area (Å²) in [6.45, 7) is 0.464. The van der Waals surface area contributed by atoms with Gasteiger partial charge in [0, 0.05) is 12.3 Å². The smallest absolute Gasteiger partial charge is 0.356 e. The van der Waals surface area contributed by atoms with Crippen molar-refractivity contribution in [1.29, 1.82) is 0 Å². The first kappa shape index (κ1) is 8.58. The van der Waals surface area contributed by atoms with Gasteiger partial charge in [-0.25, -0.2) is 9.78 Å². The van der Waals surface area contributed by atoms with Crippen LogP contribution in [-0.4, -0.2) is 31.5 Å². The number of carbonyl (C=O) groups is 1. The summed E-state index contributed by atoms with van der Waals surface area (Å²) in [7, 11) is 0. The molecule has 0 saturated carbocycles. The molecule has 0 aliphatic carbocycles. The van der Waals surface area contributed by atoms with E-state index in [-0.39, 0.29) is 12.3 Å². The van der Waals surface area contributed by atoms with E-state index >= 15 is 0 Å². The number of aliphatic hydroxyl groups is 1. The Morgan fingerprint density at radius 2 is 2.46 bits per heavy atom. The van der Waals surface area contributed by atoms with Gasteiger partial charge in [0.05, 0.1) is 12.3 Å². The summed E-state index contributed by atoms with van der Waals surface area (Å²) in [6.07, 6.45) is 0. The van der Waals surface area contributed by atoms with E-state index in [0.717, 1.165) is 12.3 Å². The van der Waals surface area contributed by atoms with Crippen LogP contribution < -0.4 is 0 Å². The van der Waals surface area contributed by atoms with Crippen molar-refractivity contribution in [2.24, 2.45) is 0 Å². The van der Waals surface area contributed by atoms with E-state index in [1.807, 2.05) is 0 Å². The van der Waals surface area contributed by atoms with Gasteiger partial charge in [-0.2, -0.15) is 0 Å². The van der Waals surface area contributed by atoms with E-state index in [0.29, 0.717) is 10.9 Å². The molecule has 13 heavy (non-hydrogen) atoms. The normalized spacial score (nSPS) is 14.5. The molecule has 1 aromatic heterocycles. The lowest BCUT2D eigenvalue weighted by Gasteiger charge is -2.00. The molecule has 0 aromatic carbocycles. The van der Waals surface area contributed by atoms with Gasteiger partial charge in [0.2, 0.25) is 0 Å². The second-order valence-electron chi connectivity index (χ2n) is 2.65. The lowest BCUT2D eigenvalue weighted by Crippen LogP contribution is -2.06. The summed E-state index contributed by atoms with van der Waals surface area (Å²) in [4.78, 5) is 14.6. The van der Waals surface area contributed by atoms with Crippen LogP contribution in [0.15, 0.2) is 5.16 Å². The molecule has 6 heteroatoms. The average molecular weight is 200 g/mol. The fourth-order valence-corrected chi connectivity index (χ4v) is 2.33. The Hall–Kier alpha value is -1.01. The Morgan fingerprint density at radius 3 is 3.08 bits per heavy atom. The molecule has 0 atom stereocenters. The summed E-state index contributed by atoms with van der Waals surface area (Å²) in [6, 6.07) is 0. The fourth-order valence-electron chi connectivity index (χ4n) is 1.36. The van der Waals surface area contributed by atoms with Gasteiger partial charge in [0.1, 0.15) is 0 Å². The monoisotopic (exact) mass is 200 g/mol. The molecule has 1 aromatic rings. The van der Waals surface area contributed by atoms with Crippen LogP contribution in [0.1, 0.15) is 16.2 Å². The minimum atomic E-state index is -1.08. The first-order chi connectivity index (χ1) is 6.24. The molecule has 2 rings (SSSR count). The number of fused-ring (bicyclic) bond motifs is 1. The molecular formula is C7H8N2O3S. The average Bonchev–Trinajstić information content (AvgIpc) is 2.60. The molecule has 2 N–H and O–H groups in total. The summed E-state index contributed by atoms with van der Waals surface area (Å²) < 4.78 is 1.76. The Bertz CT molecular complexity index is 361. The van der Waals surface area contributed by atoms with Crippen LogP contribution in [0.25, 0.3) is 0 Å². The molecule has 0 unspecified atom stereocenters. The third kappa shape index (κ3) is 1.22. The van der Waals surface area contributed by atoms with Crippen LogP contribution in [0.5, 0.6) is 0 Å². The van der Waals surface area contributed by atoms with Gasteiger partial charge >= 0.3 is 5.97 Å². The van der Waals surface area contributed by atoms with Crippen molar-refractivity contribution < 1.29 is 15.0 Å². The van der Waals surface area contributed by atoms with Crippen molar-refractivity contribution in [3.63, 3.8) is 0 Å². The van der Waals surface area contributed by atoms with Crippen molar-refractivity contribution >= 4 is 17.7 Å². The topological polar surface area (TPSA) is 75.3 Å². The lowest BCUT2D eigenvalue weighted by molar-refractivity contribution is 0.0686. The molecule has 0 bridgehead atoms. The van der Waals surface area contributed by atoms with Crippen LogP contribution in [0.3, 0.4) is 0 Å². The number of hydrogen-bond donors (Lipinski definition) is 2. The number of nitrogens with zero attached hydrogens (tertiary/aromatic N) is 2. The van der Waals surface area contributed by atoms with E-state index in [4.69, 9.17) is 10.2 Å². The van der Waals surface area contributed by atoms with Gasteiger partial charge in [-0.3, -0.25) is 0 Å². The number of carboxylic acids is 1. The first-order valence-corrected chi connectivity index (χ1v) is 4.79. The van der Waals surface area contributed by atoms with Gasteiger partial charge in [0.15, 0.2) is 10.9 Å². The summed E-state index contributed by atoms with van der Waals surface area (Å²) in [5.74, 6) is -0.179. The number of aromatic nitrogens is 2. The molecule has 70 valence electrons. The van der Waals surface area contributed by atoms with Gasteiger partial charge < -0.3 is 14.8 Å². The maximum atomic E-state index is 10.7. The Morgan fingerprint density at radius 1 is 1.69 bits per heavy atom. The highest BCUT2D eigenvalue weighted by molar-refractivity contribution is 7.99. The predicted octanol–water partition coefficient (Wildman–Crippen LogP) is 0.179. The molecular weight excluding hydrogens is 192 g/mol. The van der Waals surface area contributed by atoms with Crippen LogP contribution >= 0.6 is 11.8 Å². The van der Waals surface area contributed by atoms with Gasteiger partial charge in [-0.15, -0.1) is 0 Å². The highest BCUT2D eigenvalue weighted by Gasteiger charge is 2.24. The van der Waals surface area contributed by atoms with Crippen molar-refractivity contribution in [2.45, 2.75) is 18.3 Å². The number of thioether (sulfide) groups is 1. The van der Waals surface area contributed by atoms with Crippen molar-refractivity contribution in [2.75, 3.05) is 5.75 Å². The summed E-state index contributed by atoms with van der Waals surface area (Å²) >= 11 is 1.51. The fraction of sp³-hybridized carbons (Fsp3) is 0.429. The predicted molar refractivity (Wildman–Crippen MR) is 45.8 cm³/mol. The van der Waals surface area contributed by atoms with Gasteiger partial charge in [-0.05, 0) is 0 Å². The zero-order chi connectivity index (χ0) is 9.42. The molecule has 1 aliphatic heterocycles. The van der Waals surface area contributed by atoms with Gasteiger partial charge in [0.25, 0.3) is 0 Å². The summed E-state index contributed by atoms with van der Waals surface area (Å²) in [5, 5.41) is 18.4. The van der Waals surface area contributed by atoms with Crippen LogP contribution in [0, 0.1) is 0 Å². The Balaban J connectivity index is 2.53. The second-order valence-corrected chi connectivity index (χ2v) is 3.72. The number of aromatic carboxylic acids is 1. The minimum Gasteiger partial charge on any atom is -0.476 e. The van der Waals surface area contributed by atoms with Crippen LogP contribution in [0.2, 0.25) is 0 Å². The maximum Gasteiger partial charge on any atom is 0.356 e. The van der Waals surface area contributed by atoms with Crippen molar-refractivity contribution in [3.05, 3.63) is 11.4 Å². The quantitative estimate of drug-likeness (QED) is 0.712. The number of carboxylic acid groups (broad SMARTS) is 1. The van der Waals surface area contributed by atoms with Crippen LogP contribution in [-0.2, 0) is 13.2 Å². The standard InChI is InChI=1S/C7H8N2O3S/c10-3-4-5(6(11)12)8-7-9(4)1-2-13-7/h10H,1-3H2,(H,11,12). The second kappa shape index (κ2) is 3.04. The van der Waals surface area contributed by atoms with Crippen LogP contribution in [0.4, 0.5) is 0 Å². The van der Waals surface area contributed by atoms with Gasteiger partial charge in [-0.1, -0.05) is 11.8 Å². The summed E-state index contributed by atoms with van der Waals surface area (Å²) in [5.41, 5.74) is 0.386. The minimum absolute atomic E-state index is 0.0234. The Kier molecular flexibility index (Phi) is 2.01. The van der Waals surface area contributed by atoms with E-state index in [9.17, 15) is 4.79 Å². The molecule has 2 heterocycles. The first-order valence-electron chi connectivity index (χ1n) is 3.80. The molecule has 0 amide bonds. The zero-order valence-corrected chi connectivity index (χ0v) is 7.54. The largest absolute Gasteiger partial charge is 0.476 e. The maximum absolute atomic E-state index is 10.7. The van der Waals surface area contributed by atoms with E-state index < -0.39 is 5.97 Å². The third-order valence-electron chi connectivity index (χ3n) is 1.94. The Labute approximate surface area is 78.4 Å². The molecule has 0 spiro atoms. The van der Waals surface area contributed by atoms with E-state index in [1.165, 1.54) is 11.8 Å². The third-order valence-corrected chi connectivity index (χ3v) is 2.89. The lowest BCUT2D eigenvalue weighted by atomic mass is 10.3. The molecule has 5 nitrogen and oxygen atoms in total. The van der Waals surface area contributed by atoms with Crippen molar-refractivity contribution in [3.8, 4) is 0 Å². The molecule has 0 fully saturated rings. The molecule has 0 radical (unpaired) electrons. The van der Waals surface area contributed by atoms with E-state index in [1.54, 1.807) is 4.57 Å². The SMILES string of the molecule is O=C(O)c1nc2n(c1CO)CCS2. The number of rotatable bonds is 2. The highest BCUT2D eigenvalue weighted by Crippen LogP contribution is 2.28.